The molecule has 0 amide bonds. The number of ketones is 1. The molecule has 3 aromatic rings. The highest BCUT2D eigenvalue weighted by molar-refractivity contribution is 6.30. The molecule has 37 heavy (non-hydrogen) atoms. The number of methoxy groups -OCH3 is 2. The Morgan fingerprint density at radius 1 is 0.730 bits per heavy atom. The van der Waals surface area contributed by atoms with Crippen LogP contribution in [0.1, 0.15) is 28.8 Å². The average molecular weight is 540 g/mol. The second kappa shape index (κ2) is 11.9. The van der Waals surface area contributed by atoms with E-state index in [0.29, 0.717) is 34.1 Å². The quantitative estimate of drug-likeness (QED) is 0.292. The van der Waals surface area contributed by atoms with Crippen molar-refractivity contribution in [3.63, 3.8) is 0 Å². The summed E-state index contributed by atoms with van der Waals surface area (Å²) < 4.78 is 10.2. The van der Waals surface area contributed by atoms with Crippen LogP contribution in [-0.4, -0.2) is 43.4 Å². The van der Waals surface area contributed by atoms with Gasteiger partial charge in [-0.1, -0.05) is 77.8 Å². The van der Waals surface area contributed by atoms with Crippen molar-refractivity contribution < 1.29 is 23.9 Å². The van der Waals surface area contributed by atoms with Crippen molar-refractivity contribution in [3.8, 4) is 0 Å². The molecule has 1 aliphatic heterocycles. The largest absolute Gasteiger partial charge is 0.468 e. The highest BCUT2D eigenvalue weighted by Crippen LogP contribution is 2.47. The number of esters is 2. The van der Waals surface area contributed by atoms with Crippen molar-refractivity contribution >= 4 is 40.9 Å². The highest BCUT2D eigenvalue weighted by Gasteiger charge is 2.55. The third kappa shape index (κ3) is 5.72. The predicted molar refractivity (Wildman–Crippen MR) is 141 cm³/mol. The number of benzene rings is 3. The fraction of sp³-hybridized carbons (Fsp3) is 0.276. The number of Topliss-reactive ketones (excluding diaryl/α,β-unsaturated/α-hetero) is 1. The van der Waals surface area contributed by atoms with Crippen LogP contribution in [0.2, 0.25) is 10.0 Å². The van der Waals surface area contributed by atoms with E-state index < -0.39 is 41.6 Å². The summed E-state index contributed by atoms with van der Waals surface area (Å²) in [6.45, 7) is 0.443. The molecule has 3 aromatic carbocycles. The van der Waals surface area contributed by atoms with E-state index in [4.69, 9.17) is 32.7 Å². The highest BCUT2D eigenvalue weighted by atomic mass is 35.5. The van der Waals surface area contributed by atoms with E-state index in [0.717, 1.165) is 5.56 Å². The van der Waals surface area contributed by atoms with Gasteiger partial charge in [0.15, 0.2) is 5.78 Å². The van der Waals surface area contributed by atoms with Gasteiger partial charge in [-0.2, -0.15) is 0 Å². The Hall–Kier alpha value is -3.19. The van der Waals surface area contributed by atoms with E-state index in [1.165, 1.54) is 14.2 Å². The molecule has 0 bridgehead atoms. The first kappa shape index (κ1) is 26.9. The molecule has 1 aliphatic rings. The number of halogens is 2. The lowest BCUT2D eigenvalue weighted by Crippen LogP contribution is -2.56. The maximum Gasteiger partial charge on any atom is 0.318 e. The maximum absolute atomic E-state index is 14.0. The van der Waals surface area contributed by atoms with Crippen molar-refractivity contribution in [3.05, 3.63) is 106 Å². The molecule has 0 aliphatic carbocycles. The maximum atomic E-state index is 14.0. The summed E-state index contributed by atoms with van der Waals surface area (Å²) in [7, 11) is 2.47. The van der Waals surface area contributed by atoms with Gasteiger partial charge in [0.05, 0.1) is 26.3 Å². The second-order valence-electron chi connectivity index (χ2n) is 8.87. The van der Waals surface area contributed by atoms with Crippen LogP contribution in [-0.2, 0) is 30.3 Å². The number of likely N-dealkylation sites (tertiary alicyclic amines) is 1. The third-order valence-electron chi connectivity index (χ3n) is 6.79. The first-order chi connectivity index (χ1) is 17.8. The summed E-state index contributed by atoms with van der Waals surface area (Å²) in [5.74, 6) is -4.45. The molecule has 1 fully saturated rings. The van der Waals surface area contributed by atoms with Crippen molar-refractivity contribution in [2.24, 2.45) is 11.8 Å². The van der Waals surface area contributed by atoms with Crippen molar-refractivity contribution in [1.29, 1.82) is 0 Å². The number of carbonyl (C=O) groups is 3. The summed E-state index contributed by atoms with van der Waals surface area (Å²) in [4.78, 5) is 42.3. The molecule has 8 heteroatoms. The van der Waals surface area contributed by atoms with Gasteiger partial charge in [-0.15, -0.1) is 0 Å². The zero-order valence-electron chi connectivity index (χ0n) is 20.5. The topological polar surface area (TPSA) is 72.9 Å². The van der Waals surface area contributed by atoms with Crippen LogP contribution in [0.3, 0.4) is 0 Å². The van der Waals surface area contributed by atoms with Crippen molar-refractivity contribution in [1.82, 2.24) is 4.90 Å². The van der Waals surface area contributed by atoms with Gasteiger partial charge in [0.1, 0.15) is 11.8 Å². The van der Waals surface area contributed by atoms with Crippen LogP contribution >= 0.6 is 23.2 Å². The first-order valence-electron chi connectivity index (χ1n) is 11.9. The average Bonchev–Trinajstić information content (AvgIpc) is 2.92. The minimum atomic E-state index is -1.24. The van der Waals surface area contributed by atoms with Gasteiger partial charge in [-0.05, 0) is 47.4 Å². The van der Waals surface area contributed by atoms with Crippen LogP contribution in [0.15, 0.2) is 78.9 Å². The van der Waals surface area contributed by atoms with Gasteiger partial charge >= 0.3 is 11.9 Å². The Bertz CT molecular complexity index is 1170. The van der Waals surface area contributed by atoms with Gasteiger partial charge in [0, 0.05) is 16.6 Å². The second-order valence-corrected chi connectivity index (χ2v) is 9.74. The SMILES string of the molecule is COC(=O)C1C(=O)C(C(=O)OC)C(c2ccc(Cl)cc2)N(CCc2ccccc2)C1c1ccc(Cl)cc1. The normalized spacial score (nSPS) is 21.9. The van der Waals surface area contributed by atoms with Crippen LogP contribution < -0.4 is 0 Å². The zero-order chi connectivity index (χ0) is 26.5. The number of hydrogen-bond acceptors (Lipinski definition) is 6. The Labute approximate surface area is 226 Å². The van der Waals surface area contributed by atoms with E-state index in [2.05, 4.69) is 0 Å². The predicted octanol–water partition coefficient (Wildman–Crippen LogP) is 5.48. The third-order valence-corrected chi connectivity index (χ3v) is 7.30. The number of hydrogen-bond donors (Lipinski definition) is 0. The summed E-state index contributed by atoms with van der Waals surface area (Å²) >= 11 is 12.3. The fourth-order valence-corrected chi connectivity index (χ4v) is 5.33. The summed E-state index contributed by atoms with van der Waals surface area (Å²) in [6, 6.07) is 22.5. The van der Waals surface area contributed by atoms with E-state index in [-0.39, 0.29) is 0 Å². The molecule has 4 rings (SSSR count). The Kier molecular flexibility index (Phi) is 8.64. The molecular weight excluding hydrogens is 513 g/mol. The smallest absolute Gasteiger partial charge is 0.318 e. The standard InChI is InChI=1S/C29H27Cl2NO5/c1-36-28(34)23-25(19-8-12-21(30)13-9-19)32(17-16-18-6-4-3-5-7-18)26(20-10-14-22(31)15-11-20)24(27(23)33)29(35)37-2/h3-15,23-26H,16-17H2,1-2H3. The summed E-state index contributed by atoms with van der Waals surface area (Å²) in [5, 5.41) is 1.05. The molecule has 4 atom stereocenters. The van der Waals surface area contributed by atoms with Crippen LogP contribution in [0.5, 0.6) is 0 Å². The lowest BCUT2D eigenvalue weighted by atomic mass is 9.72. The molecule has 0 saturated carbocycles. The van der Waals surface area contributed by atoms with Crippen LogP contribution in [0, 0.1) is 11.8 Å². The lowest BCUT2D eigenvalue weighted by molar-refractivity contribution is -0.168. The molecule has 0 aromatic heterocycles. The van der Waals surface area contributed by atoms with E-state index >= 15 is 0 Å². The fourth-order valence-electron chi connectivity index (χ4n) is 5.07. The van der Waals surface area contributed by atoms with Gasteiger partial charge in [0.25, 0.3) is 0 Å². The molecular formula is C29H27Cl2NO5. The number of rotatable bonds is 7. The summed E-state index contributed by atoms with van der Waals surface area (Å²) in [6.07, 6.45) is 0.616. The van der Waals surface area contributed by atoms with Gasteiger partial charge < -0.3 is 9.47 Å². The number of ether oxygens (including phenoxy) is 2. The molecule has 0 radical (unpaired) electrons. The van der Waals surface area contributed by atoms with E-state index in [1.807, 2.05) is 35.2 Å². The van der Waals surface area contributed by atoms with Crippen molar-refractivity contribution in [2.45, 2.75) is 18.5 Å². The first-order valence-corrected chi connectivity index (χ1v) is 12.6. The van der Waals surface area contributed by atoms with Gasteiger partial charge in [-0.3, -0.25) is 19.3 Å². The van der Waals surface area contributed by atoms with Crippen LogP contribution in [0.25, 0.3) is 0 Å². The molecule has 0 spiro atoms. The molecule has 192 valence electrons. The number of carbonyl (C=O) groups excluding carboxylic acids is 3. The van der Waals surface area contributed by atoms with Gasteiger partial charge in [0.2, 0.25) is 0 Å². The molecule has 0 N–H and O–H groups in total. The molecule has 1 heterocycles. The Morgan fingerprint density at radius 3 is 1.57 bits per heavy atom. The Balaban J connectivity index is 1.91. The lowest BCUT2D eigenvalue weighted by Gasteiger charge is -2.48. The van der Waals surface area contributed by atoms with E-state index in [9.17, 15) is 14.4 Å². The van der Waals surface area contributed by atoms with E-state index in [1.54, 1.807) is 48.5 Å². The minimum absolute atomic E-state index is 0.443. The number of nitrogens with zero attached hydrogens (tertiary/aromatic N) is 1. The molecule has 1 saturated heterocycles. The monoisotopic (exact) mass is 539 g/mol. The zero-order valence-corrected chi connectivity index (χ0v) is 22.0. The van der Waals surface area contributed by atoms with Crippen LogP contribution in [0.4, 0.5) is 0 Å². The van der Waals surface area contributed by atoms with Gasteiger partial charge in [-0.25, -0.2) is 0 Å². The summed E-state index contributed by atoms with van der Waals surface area (Å²) in [5.41, 5.74) is 2.50. The van der Waals surface area contributed by atoms with Crippen molar-refractivity contribution in [2.75, 3.05) is 20.8 Å². The number of piperidine rings is 1. The minimum Gasteiger partial charge on any atom is -0.468 e. The Morgan fingerprint density at radius 2 is 1.16 bits per heavy atom. The molecule has 4 unspecified atom stereocenters. The molecule has 6 nitrogen and oxygen atoms in total.